The van der Waals surface area contributed by atoms with E-state index in [9.17, 15) is 0 Å². The van der Waals surface area contributed by atoms with Gasteiger partial charge in [0, 0.05) is 0 Å². The maximum Gasteiger partial charge on any atom is 0.0554 e. The lowest BCUT2D eigenvalue weighted by Crippen LogP contribution is -1.93. The molecule has 0 radical (unpaired) electrons. The summed E-state index contributed by atoms with van der Waals surface area (Å²) in [5.74, 6) is 0. The van der Waals surface area contributed by atoms with Gasteiger partial charge in [-0.25, -0.2) is 0 Å². The molecule has 0 aliphatic carbocycles. The topological polar surface area (TPSA) is 52.0 Å². The van der Waals surface area contributed by atoms with Gasteiger partial charge in [-0.15, -0.1) is 24.8 Å². The molecule has 0 atom stereocenters. The van der Waals surface area contributed by atoms with E-state index in [1.54, 1.807) is 0 Å². The molecular weight excluding hydrogens is 219 g/mol. The Hall–Kier alpha value is -1.12. The highest BCUT2D eigenvalue weighted by molar-refractivity contribution is 5.90. The van der Waals surface area contributed by atoms with Crippen molar-refractivity contribution in [3.05, 3.63) is 36.4 Å². The first-order valence-corrected chi connectivity index (χ1v) is 3.81. The number of benzene rings is 2. The van der Waals surface area contributed by atoms with Crippen LogP contribution >= 0.6 is 24.8 Å². The molecule has 2 rings (SSSR count). The highest BCUT2D eigenvalue weighted by Crippen LogP contribution is 2.22. The van der Waals surface area contributed by atoms with Gasteiger partial charge in [0.2, 0.25) is 0 Å². The second-order valence-corrected chi connectivity index (χ2v) is 2.83. The van der Waals surface area contributed by atoms with Gasteiger partial charge in [-0.3, -0.25) is 0 Å². The lowest BCUT2D eigenvalue weighted by Gasteiger charge is -2.02. The second-order valence-electron chi connectivity index (χ2n) is 2.83. The molecule has 2 nitrogen and oxygen atoms in total. The first-order valence-electron chi connectivity index (χ1n) is 3.81. The van der Waals surface area contributed by atoms with Crippen molar-refractivity contribution in [1.29, 1.82) is 0 Å². The standard InChI is InChI=1S/C10H10N2.2ClH/c11-9-5-7-3-1-2-4-8(7)6-10(9)12;;/h1-6H,11-12H2;2*1H. The first-order chi connectivity index (χ1) is 5.77. The van der Waals surface area contributed by atoms with Gasteiger partial charge in [0.05, 0.1) is 11.4 Å². The van der Waals surface area contributed by atoms with E-state index >= 15 is 0 Å². The third-order valence-electron chi connectivity index (χ3n) is 1.95. The second kappa shape index (κ2) is 4.94. The minimum absolute atomic E-state index is 0. The lowest BCUT2D eigenvalue weighted by molar-refractivity contribution is 1.70. The number of rotatable bonds is 0. The molecule has 0 fully saturated rings. The smallest absolute Gasteiger partial charge is 0.0554 e. The van der Waals surface area contributed by atoms with E-state index in [0.29, 0.717) is 11.4 Å². The molecular formula is C10H12Cl2N2. The van der Waals surface area contributed by atoms with Gasteiger partial charge in [0.1, 0.15) is 0 Å². The molecule has 0 aliphatic rings. The van der Waals surface area contributed by atoms with Crippen LogP contribution in [0.5, 0.6) is 0 Å². The number of nitrogen functional groups attached to an aromatic ring is 2. The molecule has 0 amide bonds. The largest absolute Gasteiger partial charge is 0.397 e. The summed E-state index contributed by atoms with van der Waals surface area (Å²) in [5.41, 5.74) is 12.6. The summed E-state index contributed by atoms with van der Waals surface area (Å²) in [6.45, 7) is 0. The summed E-state index contributed by atoms with van der Waals surface area (Å²) in [7, 11) is 0. The summed E-state index contributed by atoms with van der Waals surface area (Å²) in [5, 5.41) is 2.26. The van der Waals surface area contributed by atoms with Crippen LogP contribution in [-0.4, -0.2) is 0 Å². The molecule has 2 aromatic rings. The average molecular weight is 231 g/mol. The van der Waals surface area contributed by atoms with Crippen molar-refractivity contribution in [2.45, 2.75) is 0 Å². The van der Waals surface area contributed by atoms with Crippen LogP contribution in [0.1, 0.15) is 0 Å². The zero-order chi connectivity index (χ0) is 8.55. The lowest BCUT2D eigenvalue weighted by atomic mass is 10.1. The molecule has 4 heteroatoms. The molecule has 0 bridgehead atoms. The van der Waals surface area contributed by atoms with Crippen LogP contribution in [0, 0.1) is 0 Å². The molecule has 0 unspecified atom stereocenters. The summed E-state index contributed by atoms with van der Waals surface area (Å²) < 4.78 is 0. The van der Waals surface area contributed by atoms with E-state index in [2.05, 4.69) is 0 Å². The van der Waals surface area contributed by atoms with E-state index in [1.807, 2.05) is 36.4 Å². The van der Waals surface area contributed by atoms with Crippen LogP contribution in [0.15, 0.2) is 36.4 Å². The van der Waals surface area contributed by atoms with Crippen molar-refractivity contribution in [2.75, 3.05) is 11.5 Å². The zero-order valence-corrected chi connectivity index (χ0v) is 9.07. The Bertz CT molecular complexity index is 389. The average Bonchev–Trinajstić information content (AvgIpc) is 2.07. The molecule has 76 valence electrons. The van der Waals surface area contributed by atoms with Crippen LogP contribution in [0.2, 0.25) is 0 Å². The third kappa shape index (κ3) is 2.22. The van der Waals surface area contributed by atoms with Gasteiger partial charge in [-0.2, -0.15) is 0 Å². The number of fused-ring (bicyclic) bond motifs is 1. The number of halogens is 2. The van der Waals surface area contributed by atoms with E-state index in [-0.39, 0.29) is 24.8 Å². The summed E-state index contributed by atoms with van der Waals surface area (Å²) >= 11 is 0. The minimum Gasteiger partial charge on any atom is -0.397 e. The molecule has 2 aromatic carbocycles. The highest BCUT2D eigenvalue weighted by Gasteiger charge is 1.96. The van der Waals surface area contributed by atoms with Crippen LogP contribution < -0.4 is 11.5 Å². The van der Waals surface area contributed by atoms with Crippen molar-refractivity contribution >= 4 is 47.0 Å². The molecule has 4 N–H and O–H groups in total. The van der Waals surface area contributed by atoms with E-state index in [1.165, 1.54) is 0 Å². The Morgan fingerprint density at radius 2 is 1.07 bits per heavy atom. The van der Waals surface area contributed by atoms with Gasteiger partial charge in [-0.05, 0) is 22.9 Å². The molecule has 0 saturated carbocycles. The Kier molecular flexibility index (Phi) is 4.54. The molecule has 0 heterocycles. The molecule has 0 saturated heterocycles. The SMILES string of the molecule is Cl.Cl.Nc1cc2ccccc2cc1N. The Balaban J connectivity index is 0.000000845. The Morgan fingerprint density at radius 3 is 1.43 bits per heavy atom. The highest BCUT2D eigenvalue weighted by atomic mass is 35.5. The van der Waals surface area contributed by atoms with Crippen molar-refractivity contribution in [3.63, 3.8) is 0 Å². The van der Waals surface area contributed by atoms with Gasteiger partial charge >= 0.3 is 0 Å². The predicted octanol–water partition coefficient (Wildman–Crippen LogP) is 2.85. The fourth-order valence-corrected chi connectivity index (χ4v) is 1.28. The van der Waals surface area contributed by atoms with E-state index < -0.39 is 0 Å². The minimum atomic E-state index is 0. The predicted molar refractivity (Wildman–Crippen MR) is 67.3 cm³/mol. The fraction of sp³-hybridized carbons (Fsp3) is 0. The third-order valence-corrected chi connectivity index (χ3v) is 1.95. The number of nitrogens with two attached hydrogens (primary N) is 2. The van der Waals surface area contributed by atoms with Crippen LogP contribution in [0.25, 0.3) is 10.8 Å². The van der Waals surface area contributed by atoms with Gasteiger partial charge in [0.25, 0.3) is 0 Å². The van der Waals surface area contributed by atoms with Crippen LogP contribution in [0.4, 0.5) is 11.4 Å². The molecule has 0 spiro atoms. The molecule has 14 heavy (non-hydrogen) atoms. The number of anilines is 2. The monoisotopic (exact) mass is 230 g/mol. The van der Waals surface area contributed by atoms with Crippen molar-refractivity contribution in [2.24, 2.45) is 0 Å². The zero-order valence-electron chi connectivity index (χ0n) is 7.44. The molecule has 0 aliphatic heterocycles. The van der Waals surface area contributed by atoms with Crippen molar-refractivity contribution in [3.8, 4) is 0 Å². The Labute approximate surface area is 95.1 Å². The van der Waals surface area contributed by atoms with E-state index in [0.717, 1.165) is 10.8 Å². The van der Waals surface area contributed by atoms with Gasteiger partial charge in [0.15, 0.2) is 0 Å². The Morgan fingerprint density at radius 1 is 0.714 bits per heavy atom. The van der Waals surface area contributed by atoms with Gasteiger partial charge in [-0.1, -0.05) is 24.3 Å². The maximum absolute atomic E-state index is 5.66. The summed E-state index contributed by atoms with van der Waals surface area (Å²) in [6.07, 6.45) is 0. The van der Waals surface area contributed by atoms with Crippen molar-refractivity contribution in [1.82, 2.24) is 0 Å². The van der Waals surface area contributed by atoms with Crippen LogP contribution in [0.3, 0.4) is 0 Å². The quantitative estimate of drug-likeness (QED) is 0.685. The normalized spacial score (nSPS) is 8.86. The summed E-state index contributed by atoms with van der Waals surface area (Å²) in [4.78, 5) is 0. The summed E-state index contributed by atoms with van der Waals surface area (Å²) in [6, 6.07) is 11.8. The maximum atomic E-state index is 5.66. The van der Waals surface area contributed by atoms with Crippen molar-refractivity contribution < 1.29 is 0 Å². The molecule has 0 aromatic heterocycles. The van der Waals surface area contributed by atoms with Gasteiger partial charge < -0.3 is 11.5 Å². The first kappa shape index (κ1) is 12.9. The fourth-order valence-electron chi connectivity index (χ4n) is 1.28. The number of hydrogen-bond acceptors (Lipinski definition) is 2. The van der Waals surface area contributed by atoms with E-state index in [4.69, 9.17) is 11.5 Å². The number of hydrogen-bond donors (Lipinski definition) is 2. The van der Waals surface area contributed by atoms with Crippen LogP contribution in [-0.2, 0) is 0 Å².